The molecule has 0 aromatic heterocycles. The molecule has 1 heterocycles. The third-order valence-corrected chi connectivity index (χ3v) is 4.85. The normalized spacial score (nSPS) is 15.6. The minimum atomic E-state index is 0.268. The van der Waals surface area contributed by atoms with Crippen LogP contribution in [0.15, 0.2) is 59.6 Å². The predicted molar refractivity (Wildman–Crippen MR) is 109 cm³/mol. The van der Waals surface area contributed by atoms with Crippen LogP contribution in [0.2, 0.25) is 0 Å². The van der Waals surface area contributed by atoms with Crippen molar-refractivity contribution in [1.82, 2.24) is 10.2 Å². The number of hydrogen-bond acceptors (Lipinski definition) is 3. The fourth-order valence-corrected chi connectivity index (χ4v) is 3.41. The van der Waals surface area contributed by atoms with Gasteiger partial charge in [0.25, 0.3) is 0 Å². The van der Waals surface area contributed by atoms with Crippen molar-refractivity contribution in [2.45, 2.75) is 32.1 Å². The molecule has 0 saturated carbocycles. The van der Waals surface area contributed by atoms with Crippen molar-refractivity contribution < 1.29 is 9.47 Å². The number of piperidine rings is 1. The second-order valence-corrected chi connectivity index (χ2v) is 6.72. The molecule has 0 aliphatic carbocycles. The van der Waals surface area contributed by atoms with E-state index in [9.17, 15) is 0 Å². The average molecular weight is 367 g/mol. The van der Waals surface area contributed by atoms with Crippen LogP contribution in [0.3, 0.4) is 0 Å². The minimum absolute atomic E-state index is 0.268. The van der Waals surface area contributed by atoms with Crippen molar-refractivity contribution in [2.24, 2.45) is 4.99 Å². The Kier molecular flexibility index (Phi) is 7.11. The Morgan fingerprint density at radius 3 is 2.37 bits per heavy atom. The maximum Gasteiger partial charge on any atom is 0.193 e. The van der Waals surface area contributed by atoms with Gasteiger partial charge >= 0.3 is 0 Å². The molecule has 1 N–H and O–H groups in total. The standard InChI is InChI=1S/C22H29N3O2/c1-23-22(24-16-18-8-6-7-9-19(18)17-26-2)25-14-12-21(13-15-25)27-20-10-4-3-5-11-20/h3-11,21H,12-17H2,1-2H3,(H,23,24). The second-order valence-electron chi connectivity index (χ2n) is 6.72. The van der Waals surface area contributed by atoms with E-state index in [1.165, 1.54) is 11.1 Å². The third-order valence-electron chi connectivity index (χ3n) is 4.85. The number of likely N-dealkylation sites (tertiary alicyclic amines) is 1. The van der Waals surface area contributed by atoms with E-state index in [2.05, 4.69) is 33.4 Å². The van der Waals surface area contributed by atoms with Crippen LogP contribution in [0, 0.1) is 0 Å². The van der Waals surface area contributed by atoms with Crippen LogP contribution in [0.5, 0.6) is 5.75 Å². The van der Waals surface area contributed by atoms with Gasteiger partial charge in [0.15, 0.2) is 5.96 Å². The van der Waals surface area contributed by atoms with Gasteiger partial charge in [-0.25, -0.2) is 0 Å². The SMILES string of the molecule is CN=C(NCc1ccccc1COC)N1CCC(Oc2ccccc2)CC1. The Hall–Kier alpha value is -2.53. The molecule has 144 valence electrons. The number of ether oxygens (including phenoxy) is 2. The first-order valence-electron chi connectivity index (χ1n) is 9.53. The number of methoxy groups -OCH3 is 1. The highest BCUT2D eigenvalue weighted by Crippen LogP contribution is 2.19. The number of aliphatic imine (C=N–C) groups is 1. The molecule has 1 fully saturated rings. The van der Waals surface area contributed by atoms with Gasteiger partial charge < -0.3 is 19.7 Å². The maximum absolute atomic E-state index is 6.09. The summed E-state index contributed by atoms with van der Waals surface area (Å²) in [7, 11) is 3.57. The summed E-state index contributed by atoms with van der Waals surface area (Å²) in [4.78, 5) is 6.78. The average Bonchev–Trinajstić information content (AvgIpc) is 2.72. The molecule has 2 aromatic carbocycles. The zero-order valence-corrected chi connectivity index (χ0v) is 16.2. The first-order chi connectivity index (χ1) is 13.3. The van der Waals surface area contributed by atoms with Crippen molar-refractivity contribution in [2.75, 3.05) is 27.2 Å². The summed E-state index contributed by atoms with van der Waals surface area (Å²) >= 11 is 0. The molecule has 0 spiro atoms. The first-order valence-corrected chi connectivity index (χ1v) is 9.53. The fraction of sp³-hybridized carbons (Fsp3) is 0.409. The molecule has 0 amide bonds. The highest BCUT2D eigenvalue weighted by molar-refractivity contribution is 5.80. The van der Waals surface area contributed by atoms with Gasteiger partial charge in [-0.2, -0.15) is 0 Å². The number of nitrogens with one attached hydrogen (secondary N) is 1. The molecule has 1 aliphatic heterocycles. The molecule has 0 atom stereocenters. The summed E-state index contributed by atoms with van der Waals surface area (Å²) in [6.07, 6.45) is 2.26. The smallest absolute Gasteiger partial charge is 0.193 e. The van der Waals surface area contributed by atoms with E-state index < -0.39 is 0 Å². The van der Waals surface area contributed by atoms with Gasteiger partial charge in [0.2, 0.25) is 0 Å². The summed E-state index contributed by atoms with van der Waals surface area (Å²) < 4.78 is 11.4. The van der Waals surface area contributed by atoms with E-state index >= 15 is 0 Å². The summed E-state index contributed by atoms with van der Waals surface area (Å²) in [5, 5.41) is 3.50. The molecule has 0 unspecified atom stereocenters. The van der Waals surface area contributed by atoms with Gasteiger partial charge in [0.1, 0.15) is 11.9 Å². The Morgan fingerprint density at radius 1 is 1.04 bits per heavy atom. The summed E-state index contributed by atoms with van der Waals surface area (Å²) in [5.74, 6) is 1.90. The van der Waals surface area contributed by atoms with Crippen LogP contribution >= 0.6 is 0 Å². The van der Waals surface area contributed by atoms with Crippen LogP contribution in [-0.2, 0) is 17.9 Å². The molecule has 1 aliphatic rings. The maximum atomic E-state index is 6.09. The van der Waals surface area contributed by atoms with Crippen LogP contribution in [-0.4, -0.2) is 44.2 Å². The highest BCUT2D eigenvalue weighted by atomic mass is 16.5. The highest BCUT2D eigenvalue weighted by Gasteiger charge is 2.22. The van der Waals surface area contributed by atoms with Crippen LogP contribution in [0.25, 0.3) is 0 Å². The minimum Gasteiger partial charge on any atom is -0.490 e. The molecule has 0 radical (unpaired) electrons. The van der Waals surface area contributed by atoms with Crippen molar-refractivity contribution in [1.29, 1.82) is 0 Å². The van der Waals surface area contributed by atoms with E-state index in [4.69, 9.17) is 9.47 Å². The molecule has 3 rings (SSSR count). The monoisotopic (exact) mass is 367 g/mol. The van der Waals surface area contributed by atoms with E-state index in [1.807, 2.05) is 43.4 Å². The summed E-state index contributed by atoms with van der Waals surface area (Å²) in [6, 6.07) is 18.4. The number of benzene rings is 2. The lowest BCUT2D eigenvalue weighted by atomic mass is 10.1. The lowest BCUT2D eigenvalue weighted by Crippen LogP contribution is -2.47. The molecule has 1 saturated heterocycles. The van der Waals surface area contributed by atoms with Crippen molar-refractivity contribution in [3.05, 3.63) is 65.7 Å². The van der Waals surface area contributed by atoms with Gasteiger partial charge in [-0.15, -0.1) is 0 Å². The summed E-state index contributed by atoms with van der Waals surface area (Å²) in [5.41, 5.74) is 2.45. The van der Waals surface area contributed by atoms with Gasteiger partial charge in [-0.3, -0.25) is 4.99 Å². The lowest BCUT2D eigenvalue weighted by Gasteiger charge is -2.34. The van der Waals surface area contributed by atoms with E-state index in [1.54, 1.807) is 7.11 Å². The lowest BCUT2D eigenvalue weighted by molar-refractivity contribution is 0.129. The number of guanidine groups is 1. The van der Waals surface area contributed by atoms with Crippen molar-refractivity contribution in [3.63, 3.8) is 0 Å². The van der Waals surface area contributed by atoms with Crippen molar-refractivity contribution in [3.8, 4) is 5.75 Å². The third kappa shape index (κ3) is 5.47. The Morgan fingerprint density at radius 2 is 1.70 bits per heavy atom. The first kappa shape index (κ1) is 19.2. The topological polar surface area (TPSA) is 46.1 Å². The predicted octanol–water partition coefficient (Wildman–Crippen LogP) is 3.45. The number of hydrogen-bond donors (Lipinski definition) is 1. The van der Waals surface area contributed by atoms with E-state index in [0.29, 0.717) is 6.61 Å². The zero-order valence-electron chi connectivity index (χ0n) is 16.2. The van der Waals surface area contributed by atoms with Crippen molar-refractivity contribution >= 4 is 5.96 Å². The van der Waals surface area contributed by atoms with Gasteiger partial charge in [-0.05, 0) is 23.3 Å². The van der Waals surface area contributed by atoms with Gasteiger partial charge in [-0.1, -0.05) is 42.5 Å². The molecule has 5 heteroatoms. The molecule has 27 heavy (non-hydrogen) atoms. The molecular formula is C22H29N3O2. The van der Waals surface area contributed by atoms with Crippen LogP contribution in [0.1, 0.15) is 24.0 Å². The Labute approximate surface area is 162 Å². The quantitative estimate of drug-likeness (QED) is 0.627. The zero-order chi connectivity index (χ0) is 18.9. The number of para-hydroxylation sites is 1. The number of rotatable bonds is 6. The second kappa shape index (κ2) is 9.97. The fourth-order valence-electron chi connectivity index (χ4n) is 3.41. The molecular weight excluding hydrogens is 338 g/mol. The van der Waals surface area contributed by atoms with Crippen LogP contribution in [0.4, 0.5) is 0 Å². The Balaban J connectivity index is 1.51. The van der Waals surface area contributed by atoms with E-state index in [-0.39, 0.29) is 6.10 Å². The largest absolute Gasteiger partial charge is 0.490 e. The molecule has 5 nitrogen and oxygen atoms in total. The van der Waals surface area contributed by atoms with Gasteiger partial charge in [0.05, 0.1) is 6.61 Å². The summed E-state index contributed by atoms with van der Waals surface area (Å²) in [6.45, 7) is 3.25. The van der Waals surface area contributed by atoms with Crippen LogP contribution < -0.4 is 10.1 Å². The Bertz CT molecular complexity index is 725. The molecule has 2 aromatic rings. The van der Waals surface area contributed by atoms with Gasteiger partial charge in [0, 0.05) is 46.6 Å². The molecule has 0 bridgehead atoms. The number of nitrogens with zero attached hydrogens (tertiary/aromatic N) is 2. The van der Waals surface area contributed by atoms with E-state index in [0.717, 1.165) is 44.2 Å².